The van der Waals surface area contributed by atoms with Crippen LogP contribution in [0.3, 0.4) is 0 Å². The maximum absolute atomic E-state index is 13.2. The van der Waals surface area contributed by atoms with Gasteiger partial charge in [0.25, 0.3) is 5.91 Å². The molecular formula is C22H25N7O6. The third kappa shape index (κ3) is 4.13. The van der Waals surface area contributed by atoms with Crippen molar-refractivity contribution in [2.24, 2.45) is 0 Å². The molecule has 0 aliphatic carbocycles. The van der Waals surface area contributed by atoms with Crippen molar-refractivity contribution in [1.29, 1.82) is 0 Å². The number of nitrogens with zero attached hydrogens (tertiary/aromatic N) is 6. The van der Waals surface area contributed by atoms with Gasteiger partial charge in [-0.1, -0.05) is 12.1 Å². The van der Waals surface area contributed by atoms with Gasteiger partial charge in [0.1, 0.15) is 29.8 Å². The van der Waals surface area contributed by atoms with E-state index in [1.54, 1.807) is 12.0 Å². The second-order valence-electron chi connectivity index (χ2n) is 8.44. The van der Waals surface area contributed by atoms with Crippen LogP contribution in [0, 0.1) is 0 Å². The number of aromatic nitrogens is 4. The number of hydrogen-bond acceptors (Lipinski definition) is 10. The highest BCUT2D eigenvalue weighted by Gasteiger charge is 2.49. The lowest BCUT2D eigenvalue weighted by Gasteiger charge is -2.35. The minimum absolute atomic E-state index is 0.153. The fourth-order valence-electron chi connectivity index (χ4n) is 4.38. The molecule has 0 radical (unpaired) electrons. The quantitative estimate of drug-likeness (QED) is 0.405. The van der Waals surface area contributed by atoms with Crippen LogP contribution in [-0.4, -0.2) is 96.4 Å². The van der Waals surface area contributed by atoms with Gasteiger partial charge in [-0.2, -0.15) is 0 Å². The molecule has 0 unspecified atom stereocenters. The number of rotatable bonds is 5. The summed E-state index contributed by atoms with van der Waals surface area (Å²) in [5.74, 6) is 0.0422. The number of ether oxygens (including phenoxy) is 2. The minimum atomic E-state index is -1.51. The van der Waals surface area contributed by atoms with Crippen LogP contribution < -0.4 is 10.5 Å². The van der Waals surface area contributed by atoms with Gasteiger partial charge in [-0.15, -0.1) is 0 Å². The number of amides is 2. The first-order valence-electron chi connectivity index (χ1n) is 11.0. The highest BCUT2D eigenvalue weighted by Crippen LogP contribution is 2.33. The minimum Gasteiger partial charge on any atom is -0.497 e. The second-order valence-corrected chi connectivity index (χ2v) is 8.44. The van der Waals surface area contributed by atoms with Crippen LogP contribution in [0.5, 0.6) is 5.75 Å². The van der Waals surface area contributed by atoms with Gasteiger partial charge in [0.15, 0.2) is 23.8 Å². The summed E-state index contributed by atoms with van der Waals surface area (Å²) in [5, 5.41) is 21.2. The molecule has 0 saturated carbocycles. The van der Waals surface area contributed by atoms with E-state index in [1.165, 1.54) is 22.1 Å². The predicted octanol–water partition coefficient (Wildman–Crippen LogP) is -1.09. The van der Waals surface area contributed by atoms with Crippen molar-refractivity contribution in [2.45, 2.75) is 31.1 Å². The average Bonchev–Trinajstić information content (AvgIpc) is 3.42. The van der Waals surface area contributed by atoms with E-state index in [1.807, 2.05) is 24.3 Å². The van der Waals surface area contributed by atoms with Crippen molar-refractivity contribution in [1.82, 2.24) is 29.3 Å². The van der Waals surface area contributed by atoms with Gasteiger partial charge >= 0.3 is 0 Å². The predicted molar refractivity (Wildman–Crippen MR) is 121 cm³/mol. The van der Waals surface area contributed by atoms with Crippen LogP contribution >= 0.6 is 0 Å². The zero-order valence-corrected chi connectivity index (χ0v) is 18.9. The van der Waals surface area contributed by atoms with Crippen LogP contribution in [0.4, 0.5) is 5.82 Å². The number of hydrogen-bond donors (Lipinski definition) is 3. The number of aliphatic hydroxyl groups excluding tert-OH is 2. The largest absolute Gasteiger partial charge is 0.497 e. The Morgan fingerprint density at radius 3 is 2.83 bits per heavy atom. The number of anilines is 1. The molecule has 13 heteroatoms. The summed E-state index contributed by atoms with van der Waals surface area (Å²) in [7, 11) is 1.58. The lowest BCUT2D eigenvalue weighted by atomic mass is 10.1. The maximum atomic E-state index is 13.2. The molecule has 5 rings (SSSR count). The smallest absolute Gasteiger partial charge is 0.255 e. The molecule has 2 aromatic heterocycles. The number of carbonyl (C=O) groups excluding carboxylic acids is 2. The monoisotopic (exact) mass is 483 g/mol. The topological polar surface area (TPSA) is 169 Å². The Kier molecular flexibility index (Phi) is 5.96. The van der Waals surface area contributed by atoms with Gasteiger partial charge in [-0.05, 0) is 17.7 Å². The molecule has 2 aliphatic rings. The summed E-state index contributed by atoms with van der Waals surface area (Å²) in [4.78, 5) is 41.0. The number of benzene rings is 1. The number of imidazole rings is 1. The van der Waals surface area contributed by atoms with Crippen LogP contribution in [0.2, 0.25) is 0 Å². The molecule has 35 heavy (non-hydrogen) atoms. The molecule has 3 aromatic rings. The van der Waals surface area contributed by atoms with E-state index in [2.05, 4.69) is 15.0 Å². The number of aliphatic hydroxyl groups is 2. The Labute approximate surface area is 199 Å². The molecule has 0 bridgehead atoms. The molecule has 0 spiro atoms. The number of methoxy groups -OCH3 is 1. The van der Waals surface area contributed by atoms with Crippen molar-refractivity contribution in [3.8, 4) is 5.75 Å². The summed E-state index contributed by atoms with van der Waals surface area (Å²) in [6.45, 7) is 0.812. The standard InChI is InChI=1S/C22H25N7O6/c1-34-13-4-2-3-12(7-13)8-27-5-6-28(9-14(27)30)21(33)18-16(31)17(32)22(35-18)29-11-26-15-19(23)24-10-25-20(15)29/h2-4,7,10-11,16-18,22,31-32H,5-6,8-9H2,1H3,(H2,23,24,25)/t16-,17+,18-,22+/m0/s1. The van der Waals surface area contributed by atoms with Crippen molar-refractivity contribution < 1.29 is 29.3 Å². The second kappa shape index (κ2) is 9.09. The molecule has 2 amide bonds. The Balaban J connectivity index is 1.26. The molecule has 1 aromatic carbocycles. The van der Waals surface area contributed by atoms with Crippen molar-refractivity contribution >= 4 is 28.8 Å². The van der Waals surface area contributed by atoms with E-state index in [4.69, 9.17) is 15.2 Å². The van der Waals surface area contributed by atoms with Gasteiger partial charge in [-0.25, -0.2) is 15.0 Å². The molecule has 4 atom stereocenters. The molecule has 4 heterocycles. The van der Waals surface area contributed by atoms with E-state index < -0.39 is 30.4 Å². The van der Waals surface area contributed by atoms with Crippen LogP contribution in [-0.2, 0) is 20.9 Å². The number of fused-ring (bicyclic) bond motifs is 1. The molecule has 2 saturated heterocycles. The lowest BCUT2D eigenvalue weighted by molar-refractivity contribution is -0.156. The van der Waals surface area contributed by atoms with Gasteiger partial charge < -0.3 is 35.2 Å². The van der Waals surface area contributed by atoms with E-state index >= 15 is 0 Å². The SMILES string of the molecule is COc1cccc(CN2CCN(C(=O)[C@H]3O[C@@H](n4cnc5c(N)ncnc54)[C@H](O)[C@@H]3O)CC2=O)c1. The zero-order valence-electron chi connectivity index (χ0n) is 18.9. The molecular weight excluding hydrogens is 458 g/mol. The first-order chi connectivity index (χ1) is 16.9. The Hall–Kier alpha value is -3.81. The maximum Gasteiger partial charge on any atom is 0.255 e. The molecule has 184 valence electrons. The van der Waals surface area contributed by atoms with Crippen molar-refractivity contribution in [2.75, 3.05) is 32.5 Å². The van der Waals surface area contributed by atoms with E-state index in [-0.39, 0.29) is 24.8 Å². The molecule has 13 nitrogen and oxygen atoms in total. The number of nitrogen functional groups attached to an aromatic ring is 1. The Morgan fingerprint density at radius 2 is 2.06 bits per heavy atom. The first-order valence-corrected chi connectivity index (χ1v) is 11.0. The normalized spacial score (nSPS) is 24.8. The van der Waals surface area contributed by atoms with Gasteiger partial charge in [0, 0.05) is 19.6 Å². The fourth-order valence-corrected chi connectivity index (χ4v) is 4.38. The van der Waals surface area contributed by atoms with E-state index in [9.17, 15) is 19.8 Å². The molecule has 4 N–H and O–H groups in total. The molecule has 2 aliphatic heterocycles. The Morgan fingerprint density at radius 1 is 1.23 bits per heavy atom. The number of nitrogens with two attached hydrogens (primary N) is 1. The van der Waals surface area contributed by atoms with Gasteiger partial charge in [0.2, 0.25) is 5.91 Å². The average molecular weight is 483 g/mol. The number of carbonyl (C=O) groups is 2. The summed E-state index contributed by atoms with van der Waals surface area (Å²) < 4.78 is 12.4. The highest BCUT2D eigenvalue weighted by molar-refractivity contribution is 5.89. The Bertz CT molecular complexity index is 1270. The van der Waals surface area contributed by atoms with Crippen LogP contribution in [0.1, 0.15) is 11.8 Å². The van der Waals surface area contributed by atoms with Crippen molar-refractivity contribution in [3.63, 3.8) is 0 Å². The lowest BCUT2D eigenvalue weighted by Crippen LogP contribution is -2.55. The van der Waals surface area contributed by atoms with Crippen molar-refractivity contribution in [3.05, 3.63) is 42.5 Å². The van der Waals surface area contributed by atoms with Gasteiger partial charge in [-0.3, -0.25) is 14.2 Å². The van der Waals surface area contributed by atoms with Crippen LogP contribution in [0.15, 0.2) is 36.9 Å². The molecule has 2 fully saturated rings. The summed E-state index contributed by atoms with van der Waals surface area (Å²) >= 11 is 0. The third-order valence-corrected chi connectivity index (χ3v) is 6.28. The van der Waals surface area contributed by atoms with E-state index in [0.29, 0.717) is 30.0 Å². The summed E-state index contributed by atoms with van der Waals surface area (Å²) in [6.07, 6.45) is -2.82. The third-order valence-electron chi connectivity index (χ3n) is 6.28. The zero-order chi connectivity index (χ0) is 24.7. The van der Waals surface area contributed by atoms with Crippen LogP contribution in [0.25, 0.3) is 11.2 Å². The number of piperazine rings is 1. The summed E-state index contributed by atoms with van der Waals surface area (Å²) in [6, 6.07) is 7.43. The summed E-state index contributed by atoms with van der Waals surface area (Å²) in [5.41, 5.74) is 7.33. The first kappa shape index (κ1) is 23.0. The highest BCUT2D eigenvalue weighted by atomic mass is 16.6. The fraction of sp³-hybridized carbons (Fsp3) is 0.409. The van der Waals surface area contributed by atoms with Gasteiger partial charge in [0.05, 0.1) is 20.0 Å². The van der Waals surface area contributed by atoms with E-state index in [0.717, 1.165) is 5.56 Å².